The lowest BCUT2D eigenvalue weighted by atomic mass is 9.99. The van der Waals surface area contributed by atoms with Crippen molar-refractivity contribution in [1.82, 2.24) is 4.90 Å². The Bertz CT molecular complexity index is 248. The Morgan fingerprint density at radius 3 is 2.56 bits per heavy atom. The molecule has 1 aliphatic heterocycles. The predicted octanol–water partition coefficient (Wildman–Crippen LogP) is 0.736. The molecule has 1 saturated heterocycles. The SMILES string of the molecule is CN(CCCC(=O)O)C(=O)C1CCOCC1. The van der Waals surface area contributed by atoms with Gasteiger partial charge in [0.15, 0.2) is 0 Å². The summed E-state index contributed by atoms with van der Waals surface area (Å²) >= 11 is 0. The van der Waals surface area contributed by atoms with Crippen molar-refractivity contribution < 1.29 is 19.4 Å². The number of hydrogen-bond donors (Lipinski definition) is 1. The average molecular weight is 229 g/mol. The van der Waals surface area contributed by atoms with Gasteiger partial charge in [0, 0.05) is 39.1 Å². The minimum atomic E-state index is -0.813. The van der Waals surface area contributed by atoms with Crippen LogP contribution in [0.25, 0.3) is 0 Å². The third-order valence-corrected chi connectivity index (χ3v) is 2.83. The van der Waals surface area contributed by atoms with Crippen LogP contribution in [0.2, 0.25) is 0 Å². The topological polar surface area (TPSA) is 66.8 Å². The molecule has 5 heteroatoms. The van der Waals surface area contributed by atoms with Gasteiger partial charge in [-0.25, -0.2) is 0 Å². The van der Waals surface area contributed by atoms with E-state index >= 15 is 0 Å². The van der Waals surface area contributed by atoms with E-state index in [9.17, 15) is 9.59 Å². The summed E-state index contributed by atoms with van der Waals surface area (Å²) in [5, 5.41) is 8.49. The van der Waals surface area contributed by atoms with Gasteiger partial charge in [-0.15, -0.1) is 0 Å². The van der Waals surface area contributed by atoms with E-state index in [2.05, 4.69) is 0 Å². The average Bonchev–Trinajstić information content (AvgIpc) is 2.28. The summed E-state index contributed by atoms with van der Waals surface area (Å²) in [7, 11) is 1.74. The first-order valence-electron chi connectivity index (χ1n) is 5.65. The Kier molecular flexibility index (Phi) is 5.25. The van der Waals surface area contributed by atoms with Crippen LogP contribution in [0.5, 0.6) is 0 Å². The molecule has 0 aliphatic carbocycles. The molecule has 1 N–H and O–H groups in total. The van der Waals surface area contributed by atoms with Crippen LogP contribution in [-0.4, -0.2) is 48.7 Å². The van der Waals surface area contributed by atoms with Crippen molar-refractivity contribution in [2.45, 2.75) is 25.7 Å². The van der Waals surface area contributed by atoms with Crippen LogP contribution < -0.4 is 0 Å². The number of amides is 1. The fraction of sp³-hybridized carbons (Fsp3) is 0.818. The van der Waals surface area contributed by atoms with Crippen molar-refractivity contribution in [1.29, 1.82) is 0 Å². The largest absolute Gasteiger partial charge is 0.481 e. The molecule has 1 amide bonds. The van der Waals surface area contributed by atoms with Gasteiger partial charge in [0.25, 0.3) is 0 Å². The van der Waals surface area contributed by atoms with Gasteiger partial charge in [-0.1, -0.05) is 0 Å². The van der Waals surface area contributed by atoms with Crippen molar-refractivity contribution in [2.24, 2.45) is 5.92 Å². The minimum Gasteiger partial charge on any atom is -0.481 e. The Morgan fingerprint density at radius 1 is 1.38 bits per heavy atom. The molecule has 0 aromatic carbocycles. The molecule has 0 unspecified atom stereocenters. The second kappa shape index (κ2) is 6.48. The second-order valence-corrected chi connectivity index (χ2v) is 4.14. The molecule has 0 aromatic heterocycles. The Hall–Kier alpha value is -1.10. The highest BCUT2D eigenvalue weighted by atomic mass is 16.5. The minimum absolute atomic E-state index is 0.0589. The van der Waals surface area contributed by atoms with E-state index in [4.69, 9.17) is 9.84 Å². The van der Waals surface area contributed by atoms with Crippen LogP contribution >= 0.6 is 0 Å². The van der Waals surface area contributed by atoms with Gasteiger partial charge in [0.2, 0.25) is 5.91 Å². The highest BCUT2D eigenvalue weighted by Crippen LogP contribution is 2.17. The standard InChI is InChI=1S/C11H19NO4/c1-12(6-2-3-10(13)14)11(15)9-4-7-16-8-5-9/h9H,2-8H2,1H3,(H,13,14). The fourth-order valence-corrected chi connectivity index (χ4v) is 1.83. The maximum Gasteiger partial charge on any atom is 0.303 e. The number of carbonyl (C=O) groups is 2. The number of ether oxygens (including phenoxy) is 1. The van der Waals surface area contributed by atoms with Crippen molar-refractivity contribution in [3.8, 4) is 0 Å². The molecule has 1 aliphatic rings. The summed E-state index contributed by atoms with van der Waals surface area (Å²) in [5.41, 5.74) is 0. The Morgan fingerprint density at radius 2 is 2.00 bits per heavy atom. The molecule has 92 valence electrons. The third kappa shape index (κ3) is 4.18. The van der Waals surface area contributed by atoms with Crippen LogP contribution in [0, 0.1) is 5.92 Å². The zero-order chi connectivity index (χ0) is 12.0. The number of hydrogen-bond acceptors (Lipinski definition) is 3. The molecule has 0 bridgehead atoms. The molecule has 0 radical (unpaired) electrons. The monoisotopic (exact) mass is 229 g/mol. The van der Waals surface area contributed by atoms with E-state index in [0.29, 0.717) is 26.2 Å². The summed E-state index contributed by atoms with van der Waals surface area (Å²) in [6.07, 6.45) is 2.19. The van der Waals surface area contributed by atoms with Crippen molar-refractivity contribution in [3.05, 3.63) is 0 Å². The lowest BCUT2D eigenvalue weighted by Gasteiger charge is -2.26. The lowest BCUT2D eigenvalue weighted by molar-refractivity contribution is -0.139. The van der Waals surface area contributed by atoms with E-state index in [0.717, 1.165) is 12.8 Å². The first-order chi connectivity index (χ1) is 7.61. The zero-order valence-electron chi connectivity index (χ0n) is 9.65. The van der Waals surface area contributed by atoms with E-state index < -0.39 is 5.97 Å². The van der Waals surface area contributed by atoms with Crippen LogP contribution in [0.1, 0.15) is 25.7 Å². The molecule has 1 heterocycles. The third-order valence-electron chi connectivity index (χ3n) is 2.83. The molecule has 0 spiro atoms. The van der Waals surface area contributed by atoms with Crippen molar-refractivity contribution in [2.75, 3.05) is 26.8 Å². The summed E-state index contributed by atoms with van der Waals surface area (Å²) in [6.45, 7) is 1.82. The maximum absolute atomic E-state index is 11.9. The number of rotatable bonds is 5. The molecule has 0 atom stereocenters. The highest BCUT2D eigenvalue weighted by molar-refractivity contribution is 5.78. The number of nitrogens with zero attached hydrogens (tertiary/aromatic N) is 1. The van der Waals surface area contributed by atoms with Gasteiger partial charge < -0.3 is 14.7 Å². The maximum atomic E-state index is 11.9. The van der Waals surface area contributed by atoms with E-state index in [-0.39, 0.29) is 18.2 Å². The van der Waals surface area contributed by atoms with Gasteiger partial charge in [-0.2, -0.15) is 0 Å². The number of aliphatic carboxylic acids is 1. The molecular weight excluding hydrogens is 210 g/mol. The summed E-state index contributed by atoms with van der Waals surface area (Å²) < 4.78 is 5.19. The molecule has 0 aromatic rings. The predicted molar refractivity (Wildman–Crippen MR) is 58.0 cm³/mol. The molecule has 0 saturated carbocycles. The van der Waals surface area contributed by atoms with Crippen LogP contribution in [0.4, 0.5) is 0 Å². The smallest absolute Gasteiger partial charge is 0.303 e. The van der Waals surface area contributed by atoms with Gasteiger partial charge in [0.05, 0.1) is 0 Å². The summed E-state index contributed by atoms with van der Waals surface area (Å²) in [4.78, 5) is 23.9. The van der Waals surface area contributed by atoms with Gasteiger partial charge in [-0.05, 0) is 19.3 Å². The lowest BCUT2D eigenvalue weighted by Crippen LogP contribution is -2.36. The normalized spacial score (nSPS) is 17.1. The van der Waals surface area contributed by atoms with Crippen molar-refractivity contribution in [3.63, 3.8) is 0 Å². The van der Waals surface area contributed by atoms with Gasteiger partial charge in [-0.3, -0.25) is 9.59 Å². The van der Waals surface area contributed by atoms with Crippen LogP contribution in [0.15, 0.2) is 0 Å². The zero-order valence-corrected chi connectivity index (χ0v) is 9.65. The second-order valence-electron chi connectivity index (χ2n) is 4.14. The molecule has 1 rings (SSSR count). The summed E-state index contributed by atoms with van der Waals surface area (Å²) in [6, 6.07) is 0. The fourth-order valence-electron chi connectivity index (χ4n) is 1.83. The number of carbonyl (C=O) groups excluding carboxylic acids is 1. The van der Waals surface area contributed by atoms with Gasteiger partial charge >= 0.3 is 5.97 Å². The highest BCUT2D eigenvalue weighted by Gasteiger charge is 2.24. The Labute approximate surface area is 95.4 Å². The first-order valence-corrected chi connectivity index (χ1v) is 5.65. The summed E-state index contributed by atoms with van der Waals surface area (Å²) in [5.74, 6) is -0.635. The quantitative estimate of drug-likeness (QED) is 0.755. The number of carboxylic acid groups (broad SMARTS) is 1. The van der Waals surface area contributed by atoms with E-state index in [1.807, 2.05) is 0 Å². The van der Waals surface area contributed by atoms with Crippen LogP contribution in [-0.2, 0) is 14.3 Å². The molecule has 16 heavy (non-hydrogen) atoms. The van der Waals surface area contributed by atoms with Gasteiger partial charge in [0.1, 0.15) is 0 Å². The van der Waals surface area contributed by atoms with Crippen LogP contribution in [0.3, 0.4) is 0 Å². The molecule has 5 nitrogen and oxygen atoms in total. The van der Waals surface area contributed by atoms with E-state index in [1.165, 1.54) is 0 Å². The molecule has 1 fully saturated rings. The number of carboxylic acids is 1. The van der Waals surface area contributed by atoms with E-state index in [1.54, 1.807) is 11.9 Å². The Balaban J connectivity index is 2.26. The van der Waals surface area contributed by atoms with Crippen molar-refractivity contribution >= 4 is 11.9 Å². The first kappa shape index (κ1) is 13.0. The molecular formula is C11H19NO4.